The number of hydrogen-bond acceptors (Lipinski definition) is 6. The summed E-state index contributed by atoms with van der Waals surface area (Å²) >= 11 is 1.01. The fourth-order valence-electron chi connectivity index (χ4n) is 4.32. The van der Waals surface area contributed by atoms with E-state index in [0.717, 1.165) is 56.9 Å². The number of alkyl halides is 3. The lowest BCUT2D eigenvalue weighted by Crippen LogP contribution is -2.60. The fraction of sp³-hybridized carbons (Fsp3) is 0.722. The van der Waals surface area contributed by atoms with Gasteiger partial charge in [0.2, 0.25) is 0 Å². The summed E-state index contributed by atoms with van der Waals surface area (Å²) in [6, 6.07) is 0. The highest BCUT2D eigenvalue weighted by Crippen LogP contribution is 2.42. The summed E-state index contributed by atoms with van der Waals surface area (Å²) in [5.74, 6) is 1.37. The van der Waals surface area contributed by atoms with Crippen molar-refractivity contribution >= 4 is 27.5 Å². The van der Waals surface area contributed by atoms with Crippen molar-refractivity contribution in [3.63, 3.8) is 0 Å². The largest absolute Gasteiger partial charge is 0.395 e. The van der Waals surface area contributed by atoms with Gasteiger partial charge in [0, 0.05) is 32.7 Å². The minimum Gasteiger partial charge on any atom is -0.355 e. The molecule has 0 amide bonds. The Morgan fingerprint density at radius 2 is 1.89 bits per heavy atom. The SMILES string of the molecule is CC(C)CN1CC2(CCN(c3ncnc4sc(CC(F)(F)F)nc34)CC2)C1. The summed E-state index contributed by atoms with van der Waals surface area (Å²) in [6.45, 7) is 9.69. The second-order valence-corrected chi connectivity index (χ2v) is 9.36. The average molecular weight is 399 g/mol. The highest BCUT2D eigenvalue weighted by molar-refractivity contribution is 7.18. The van der Waals surface area contributed by atoms with Gasteiger partial charge < -0.3 is 9.80 Å². The third-order valence-electron chi connectivity index (χ3n) is 5.44. The molecule has 4 heterocycles. The Labute approximate surface area is 160 Å². The molecule has 27 heavy (non-hydrogen) atoms. The third kappa shape index (κ3) is 4.03. The maximum absolute atomic E-state index is 12.7. The Bertz CT molecular complexity index is 803. The predicted octanol–water partition coefficient (Wildman–Crippen LogP) is 3.75. The Morgan fingerprint density at radius 3 is 2.52 bits per heavy atom. The van der Waals surface area contributed by atoms with E-state index < -0.39 is 12.6 Å². The van der Waals surface area contributed by atoms with E-state index in [9.17, 15) is 13.2 Å². The number of halogens is 3. The molecule has 2 saturated heterocycles. The van der Waals surface area contributed by atoms with Gasteiger partial charge in [0.1, 0.15) is 21.7 Å². The number of anilines is 1. The number of nitrogens with zero attached hydrogens (tertiary/aromatic N) is 5. The van der Waals surface area contributed by atoms with Crippen molar-refractivity contribution in [3.8, 4) is 0 Å². The molecule has 2 aromatic heterocycles. The van der Waals surface area contributed by atoms with Crippen molar-refractivity contribution in [2.45, 2.75) is 39.3 Å². The second-order valence-electron chi connectivity index (χ2n) is 8.30. The molecule has 0 unspecified atom stereocenters. The summed E-state index contributed by atoms with van der Waals surface area (Å²) in [6.07, 6.45) is -1.65. The minimum absolute atomic E-state index is 0.0519. The van der Waals surface area contributed by atoms with Crippen LogP contribution < -0.4 is 4.90 Å². The van der Waals surface area contributed by atoms with Crippen molar-refractivity contribution in [1.29, 1.82) is 0 Å². The highest BCUT2D eigenvalue weighted by atomic mass is 32.1. The Balaban J connectivity index is 1.45. The average Bonchev–Trinajstić information content (AvgIpc) is 2.93. The molecule has 2 aromatic rings. The zero-order valence-corrected chi connectivity index (χ0v) is 16.4. The molecule has 0 radical (unpaired) electrons. The van der Waals surface area contributed by atoms with Crippen LogP contribution in [-0.4, -0.2) is 58.8 Å². The molecule has 4 rings (SSSR count). The van der Waals surface area contributed by atoms with E-state index in [-0.39, 0.29) is 5.01 Å². The van der Waals surface area contributed by atoms with Gasteiger partial charge in [-0.05, 0) is 24.2 Å². The molecule has 5 nitrogen and oxygen atoms in total. The number of likely N-dealkylation sites (tertiary alicyclic amines) is 1. The fourth-order valence-corrected chi connectivity index (χ4v) is 5.25. The van der Waals surface area contributed by atoms with Crippen LogP contribution in [0.2, 0.25) is 0 Å². The number of hydrogen-bond donors (Lipinski definition) is 0. The van der Waals surface area contributed by atoms with E-state index in [1.165, 1.54) is 6.33 Å². The molecule has 9 heteroatoms. The maximum Gasteiger partial charge on any atom is 0.395 e. The highest BCUT2D eigenvalue weighted by Gasteiger charge is 2.45. The third-order valence-corrected chi connectivity index (χ3v) is 6.40. The molecule has 0 saturated carbocycles. The number of aromatic nitrogens is 3. The number of fused-ring (bicyclic) bond motifs is 1. The van der Waals surface area contributed by atoms with Crippen LogP contribution in [0.15, 0.2) is 6.33 Å². The second kappa shape index (κ2) is 6.84. The predicted molar refractivity (Wildman–Crippen MR) is 100 cm³/mol. The Kier molecular flexibility index (Phi) is 4.78. The van der Waals surface area contributed by atoms with Gasteiger partial charge in [-0.25, -0.2) is 15.0 Å². The van der Waals surface area contributed by atoms with Gasteiger partial charge in [0.05, 0.1) is 6.42 Å². The molecule has 148 valence electrons. The lowest BCUT2D eigenvalue weighted by Gasteiger charge is -2.54. The van der Waals surface area contributed by atoms with Crippen molar-refractivity contribution in [2.24, 2.45) is 11.3 Å². The Hall–Kier alpha value is -1.48. The number of thiazole rings is 1. The quantitative estimate of drug-likeness (QED) is 0.784. The summed E-state index contributed by atoms with van der Waals surface area (Å²) < 4.78 is 38.0. The van der Waals surface area contributed by atoms with Gasteiger partial charge >= 0.3 is 6.18 Å². The summed E-state index contributed by atoms with van der Waals surface area (Å²) in [5, 5.41) is 0.0519. The summed E-state index contributed by atoms with van der Waals surface area (Å²) in [4.78, 5) is 17.9. The molecule has 0 aromatic carbocycles. The van der Waals surface area contributed by atoms with Crippen molar-refractivity contribution in [3.05, 3.63) is 11.3 Å². The van der Waals surface area contributed by atoms with Crippen LogP contribution in [0.5, 0.6) is 0 Å². The topological polar surface area (TPSA) is 45.2 Å². The van der Waals surface area contributed by atoms with E-state index in [4.69, 9.17) is 0 Å². The van der Waals surface area contributed by atoms with E-state index >= 15 is 0 Å². The van der Waals surface area contributed by atoms with Crippen LogP contribution in [0.1, 0.15) is 31.7 Å². The molecule has 0 aliphatic carbocycles. The molecule has 0 atom stereocenters. The molecule has 2 fully saturated rings. The molecule has 0 bridgehead atoms. The van der Waals surface area contributed by atoms with Crippen molar-refractivity contribution < 1.29 is 13.2 Å². The van der Waals surface area contributed by atoms with Crippen LogP contribution in [0.25, 0.3) is 10.3 Å². The lowest BCUT2D eigenvalue weighted by molar-refractivity contribution is -0.127. The maximum atomic E-state index is 12.7. The van der Waals surface area contributed by atoms with E-state index in [0.29, 0.717) is 27.5 Å². The zero-order chi connectivity index (χ0) is 19.2. The van der Waals surface area contributed by atoms with E-state index in [1.54, 1.807) is 0 Å². The molecule has 2 aliphatic rings. The minimum atomic E-state index is -4.26. The van der Waals surface area contributed by atoms with Crippen LogP contribution in [0.4, 0.5) is 19.0 Å². The summed E-state index contributed by atoms with van der Waals surface area (Å²) in [7, 11) is 0. The first-order valence-corrected chi connectivity index (χ1v) is 10.2. The zero-order valence-electron chi connectivity index (χ0n) is 15.6. The molecule has 0 N–H and O–H groups in total. The first-order valence-electron chi connectivity index (χ1n) is 9.38. The Morgan fingerprint density at radius 1 is 1.19 bits per heavy atom. The monoisotopic (exact) mass is 399 g/mol. The van der Waals surface area contributed by atoms with Gasteiger partial charge in [0.15, 0.2) is 5.82 Å². The van der Waals surface area contributed by atoms with Gasteiger partial charge in [-0.15, -0.1) is 0 Å². The van der Waals surface area contributed by atoms with Crippen LogP contribution in [-0.2, 0) is 6.42 Å². The van der Waals surface area contributed by atoms with Crippen LogP contribution >= 0.6 is 11.3 Å². The van der Waals surface area contributed by atoms with E-state index in [1.807, 2.05) is 0 Å². The van der Waals surface area contributed by atoms with Gasteiger partial charge in [-0.3, -0.25) is 0 Å². The number of piperidine rings is 1. The molecular formula is C18H24F3N5S. The van der Waals surface area contributed by atoms with Gasteiger partial charge in [-0.1, -0.05) is 25.2 Å². The summed E-state index contributed by atoms with van der Waals surface area (Å²) in [5.41, 5.74) is 0.911. The smallest absolute Gasteiger partial charge is 0.355 e. The van der Waals surface area contributed by atoms with Crippen molar-refractivity contribution in [1.82, 2.24) is 19.9 Å². The van der Waals surface area contributed by atoms with E-state index in [2.05, 4.69) is 38.6 Å². The molecule has 1 spiro atoms. The standard InChI is InChI=1S/C18H24F3N5S/c1-12(2)8-25-9-17(10-25)3-5-26(6-4-17)15-14-16(23-11-22-15)27-13(24-14)7-18(19,20)21/h11-12H,3-10H2,1-2H3. The lowest BCUT2D eigenvalue weighted by atomic mass is 9.71. The normalized spacial score (nSPS) is 20.6. The molecule has 2 aliphatic heterocycles. The number of rotatable bonds is 4. The molecular weight excluding hydrogens is 375 g/mol. The first-order chi connectivity index (χ1) is 12.7. The first kappa shape index (κ1) is 18.9. The van der Waals surface area contributed by atoms with Crippen molar-refractivity contribution in [2.75, 3.05) is 37.6 Å². The van der Waals surface area contributed by atoms with Gasteiger partial charge in [0.25, 0.3) is 0 Å². The van der Waals surface area contributed by atoms with Crippen LogP contribution in [0, 0.1) is 11.3 Å². The van der Waals surface area contributed by atoms with Crippen LogP contribution in [0.3, 0.4) is 0 Å². The van der Waals surface area contributed by atoms with Gasteiger partial charge in [-0.2, -0.15) is 13.2 Å².